The molecule has 0 saturated heterocycles. The molecule has 0 radical (unpaired) electrons. The van der Waals surface area contributed by atoms with E-state index in [1.54, 1.807) is 24.8 Å². The molecule has 0 bridgehead atoms. The van der Waals surface area contributed by atoms with Crippen LogP contribution in [-0.2, 0) is 14.3 Å². The second-order valence-electron chi connectivity index (χ2n) is 7.54. The number of carbonyl (C=O) groups excluding carboxylic acids is 2. The molecule has 3 rings (SSSR count). The Hall–Kier alpha value is -3.14. The van der Waals surface area contributed by atoms with Crippen LogP contribution in [0.2, 0.25) is 0 Å². The molecule has 0 fully saturated rings. The molecule has 0 N–H and O–H groups in total. The molecule has 0 aliphatic carbocycles. The smallest absolute Gasteiger partial charge is 0.340 e. The van der Waals surface area contributed by atoms with E-state index in [0.29, 0.717) is 22.8 Å². The van der Waals surface area contributed by atoms with E-state index in [4.69, 9.17) is 4.74 Å². The van der Waals surface area contributed by atoms with Crippen LogP contribution in [0, 0.1) is 6.92 Å². The van der Waals surface area contributed by atoms with Crippen LogP contribution >= 0.6 is 0 Å². The third kappa shape index (κ3) is 4.16. The molecule has 1 aliphatic heterocycles. The Bertz CT molecular complexity index is 980. The Morgan fingerprint density at radius 2 is 1.66 bits per heavy atom. The second kappa shape index (κ2) is 8.48. The van der Waals surface area contributed by atoms with Crippen LogP contribution in [0.5, 0.6) is 0 Å². The third-order valence-electron chi connectivity index (χ3n) is 5.09. The Labute approximate surface area is 172 Å². The molecule has 0 aromatic heterocycles. The number of ether oxygens (including phenoxy) is 1. The Morgan fingerprint density at radius 1 is 1.03 bits per heavy atom. The predicted octanol–water partition coefficient (Wildman–Crippen LogP) is 5.39. The lowest BCUT2D eigenvalue weighted by Gasteiger charge is -2.18. The molecule has 2 aromatic rings. The van der Waals surface area contributed by atoms with Crippen LogP contribution in [0.4, 0.5) is 5.69 Å². The Morgan fingerprint density at radius 3 is 2.21 bits per heavy atom. The number of amides is 1. The van der Waals surface area contributed by atoms with Crippen LogP contribution in [0.25, 0.3) is 6.08 Å². The number of aryl methyl sites for hydroxylation is 1. The summed E-state index contributed by atoms with van der Waals surface area (Å²) < 4.78 is 5.25. The van der Waals surface area contributed by atoms with Crippen molar-refractivity contribution < 1.29 is 14.3 Å². The summed E-state index contributed by atoms with van der Waals surface area (Å²) in [6, 6.07) is 15.7. The van der Waals surface area contributed by atoms with Crippen molar-refractivity contribution in [3.63, 3.8) is 0 Å². The van der Waals surface area contributed by atoms with Crippen molar-refractivity contribution in [1.29, 1.82) is 0 Å². The average Bonchev–Trinajstić information content (AvgIpc) is 2.93. The van der Waals surface area contributed by atoms with Gasteiger partial charge in [-0.25, -0.2) is 4.79 Å². The fourth-order valence-corrected chi connectivity index (χ4v) is 3.43. The number of hydrogen-bond acceptors (Lipinski definition) is 3. The van der Waals surface area contributed by atoms with Crippen LogP contribution in [0.3, 0.4) is 0 Å². The van der Waals surface area contributed by atoms with E-state index in [1.807, 2.05) is 43.3 Å². The lowest BCUT2D eigenvalue weighted by Crippen LogP contribution is -2.24. The summed E-state index contributed by atoms with van der Waals surface area (Å²) in [5.74, 6) is -0.264. The van der Waals surface area contributed by atoms with E-state index < -0.39 is 5.97 Å². The van der Waals surface area contributed by atoms with E-state index in [1.165, 1.54) is 5.56 Å². The monoisotopic (exact) mass is 389 g/mol. The molecule has 4 heteroatoms. The summed E-state index contributed by atoms with van der Waals surface area (Å²) in [5.41, 5.74) is 5.21. The van der Waals surface area contributed by atoms with Crippen LogP contribution in [0.1, 0.15) is 50.3 Å². The maximum atomic E-state index is 13.3. The Kier molecular flexibility index (Phi) is 6.02. The van der Waals surface area contributed by atoms with Gasteiger partial charge in [0.2, 0.25) is 0 Å². The zero-order valence-corrected chi connectivity index (χ0v) is 17.7. The van der Waals surface area contributed by atoms with Gasteiger partial charge in [-0.1, -0.05) is 55.8 Å². The van der Waals surface area contributed by atoms with E-state index in [9.17, 15) is 9.59 Å². The van der Waals surface area contributed by atoms with Crippen LogP contribution < -0.4 is 4.90 Å². The van der Waals surface area contributed by atoms with Crippen molar-refractivity contribution in [2.24, 2.45) is 0 Å². The molecule has 4 nitrogen and oxygen atoms in total. The summed E-state index contributed by atoms with van der Waals surface area (Å²) in [7, 11) is 0. The van der Waals surface area contributed by atoms with Gasteiger partial charge in [0.25, 0.3) is 5.91 Å². The summed E-state index contributed by atoms with van der Waals surface area (Å²) in [4.78, 5) is 27.6. The number of carbonyl (C=O) groups is 2. The lowest BCUT2D eigenvalue weighted by atomic mass is 9.99. The number of rotatable bonds is 5. The minimum absolute atomic E-state index is 0.220. The SMILES string of the molecule is CCOC(=O)C1=C(C)N(c2ccc(C)cc2)C(=O)C1=Cc1ccc(C(C)C)cc1. The summed E-state index contributed by atoms with van der Waals surface area (Å²) in [5, 5.41) is 0. The van der Waals surface area contributed by atoms with Gasteiger partial charge in [0, 0.05) is 11.4 Å². The molecule has 0 atom stereocenters. The van der Waals surface area contributed by atoms with Gasteiger partial charge < -0.3 is 4.74 Å². The van der Waals surface area contributed by atoms with Gasteiger partial charge in [-0.15, -0.1) is 0 Å². The number of anilines is 1. The number of benzene rings is 2. The Balaban J connectivity index is 2.07. The highest BCUT2D eigenvalue weighted by Crippen LogP contribution is 2.35. The number of esters is 1. The highest BCUT2D eigenvalue weighted by molar-refractivity contribution is 6.23. The van der Waals surface area contributed by atoms with Crippen molar-refractivity contribution in [1.82, 2.24) is 0 Å². The van der Waals surface area contributed by atoms with Crippen molar-refractivity contribution in [2.75, 3.05) is 11.5 Å². The molecule has 1 aliphatic rings. The standard InChI is InChI=1S/C25H27NO3/c1-6-29-25(28)23-18(5)26(21-13-7-17(4)8-14-21)24(27)22(23)15-19-9-11-20(12-10-19)16(2)3/h7-16H,6H2,1-5H3. The first-order chi connectivity index (χ1) is 13.8. The lowest BCUT2D eigenvalue weighted by molar-refractivity contribution is -0.138. The minimum atomic E-state index is -0.474. The van der Waals surface area contributed by atoms with E-state index >= 15 is 0 Å². The van der Waals surface area contributed by atoms with E-state index in [2.05, 4.69) is 26.0 Å². The van der Waals surface area contributed by atoms with Gasteiger partial charge in [0.1, 0.15) is 0 Å². The van der Waals surface area contributed by atoms with Gasteiger partial charge in [-0.3, -0.25) is 9.69 Å². The van der Waals surface area contributed by atoms with Gasteiger partial charge >= 0.3 is 5.97 Å². The predicted molar refractivity (Wildman–Crippen MR) is 117 cm³/mol. The molecular formula is C25H27NO3. The van der Waals surface area contributed by atoms with Crippen LogP contribution in [-0.4, -0.2) is 18.5 Å². The topological polar surface area (TPSA) is 46.6 Å². The maximum absolute atomic E-state index is 13.3. The minimum Gasteiger partial charge on any atom is -0.462 e. The van der Waals surface area contributed by atoms with Gasteiger partial charge in [-0.05, 0) is 56.0 Å². The van der Waals surface area contributed by atoms with Gasteiger partial charge in [-0.2, -0.15) is 0 Å². The maximum Gasteiger partial charge on any atom is 0.340 e. The normalized spacial score (nSPS) is 15.6. The number of allylic oxidation sites excluding steroid dienone is 1. The number of hydrogen-bond donors (Lipinski definition) is 0. The summed E-state index contributed by atoms with van der Waals surface area (Å²) in [6.45, 7) is 10.1. The van der Waals surface area contributed by atoms with E-state index in [0.717, 1.165) is 16.8 Å². The molecule has 1 amide bonds. The molecule has 29 heavy (non-hydrogen) atoms. The fourth-order valence-electron chi connectivity index (χ4n) is 3.43. The first-order valence-electron chi connectivity index (χ1n) is 9.94. The quantitative estimate of drug-likeness (QED) is 0.509. The first-order valence-corrected chi connectivity index (χ1v) is 9.94. The first kappa shape index (κ1) is 20.6. The third-order valence-corrected chi connectivity index (χ3v) is 5.09. The van der Waals surface area contributed by atoms with Gasteiger partial charge in [0.15, 0.2) is 0 Å². The second-order valence-corrected chi connectivity index (χ2v) is 7.54. The largest absolute Gasteiger partial charge is 0.462 e. The molecule has 2 aromatic carbocycles. The zero-order chi connectivity index (χ0) is 21.1. The number of nitrogens with zero attached hydrogens (tertiary/aromatic N) is 1. The molecule has 0 spiro atoms. The summed E-state index contributed by atoms with van der Waals surface area (Å²) >= 11 is 0. The van der Waals surface area contributed by atoms with Crippen molar-refractivity contribution in [2.45, 2.75) is 40.5 Å². The molecular weight excluding hydrogens is 362 g/mol. The fraction of sp³-hybridized carbons (Fsp3) is 0.280. The highest BCUT2D eigenvalue weighted by Gasteiger charge is 2.38. The molecule has 150 valence electrons. The van der Waals surface area contributed by atoms with Crippen molar-refractivity contribution in [3.8, 4) is 0 Å². The average molecular weight is 389 g/mol. The van der Waals surface area contributed by atoms with Gasteiger partial charge in [0.05, 0.1) is 17.8 Å². The van der Waals surface area contributed by atoms with Crippen molar-refractivity contribution >= 4 is 23.6 Å². The van der Waals surface area contributed by atoms with E-state index in [-0.39, 0.29) is 12.5 Å². The molecule has 0 unspecified atom stereocenters. The van der Waals surface area contributed by atoms with Crippen LogP contribution in [0.15, 0.2) is 65.4 Å². The molecule has 1 heterocycles. The molecule has 0 saturated carbocycles. The van der Waals surface area contributed by atoms with Crippen molar-refractivity contribution in [3.05, 3.63) is 82.1 Å². The summed E-state index contributed by atoms with van der Waals surface area (Å²) in [6.07, 6.45) is 1.77. The zero-order valence-electron chi connectivity index (χ0n) is 17.7. The highest BCUT2D eigenvalue weighted by atomic mass is 16.5.